The molecule has 0 aliphatic carbocycles. The highest BCUT2D eigenvalue weighted by Gasteiger charge is 2.12. The van der Waals surface area contributed by atoms with Crippen LogP contribution in [0.3, 0.4) is 0 Å². The molecule has 9 heteroatoms. The monoisotopic (exact) mass is 453 g/mol. The Balaban J connectivity index is 1.78. The maximum absolute atomic E-state index is 12.3. The number of nitrogens with one attached hydrogen (secondary N) is 1. The second kappa shape index (κ2) is 10.4. The summed E-state index contributed by atoms with van der Waals surface area (Å²) >= 11 is 0. The number of methoxy groups -OCH3 is 3. The molecule has 0 aliphatic heterocycles. The van der Waals surface area contributed by atoms with E-state index >= 15 is 0 Å². The highest BCUT2D eigenvalue weighted by atomic mass is 16.5. The summed E-state index contributed by atoms with van der Waals surface area (Å²) in [7, 11) is 4.52. The Labute approximate surface area is 189 Å². The molecule has 0 spiro atoms. The van der Waals surface area contributed by atoms with Gasteiger partial charge in [-0.2, -0.15) is 0 Å². The molecular formula is C24H23NO8. The predicted octanol–water partition coefficient (Wildman–Crippen LogP) is 3.53. The minimum Gasteiger partial charge on any atom is -0.496 e. The minimum atomic E-state index is -0.622. The number of esters is 1. The standard InChI is InChI=1S/C24H23NO8/c1-14(26)25-17-6-7-18-16(10-24(28)33-20(18)11-17)13-32-23(27)8-5-15-9-21(30-3)22(31-4)12-19(15)29-2/h5-12H,13H2,1-4H3,(H,25,26)/b8-5+. The summed E-state index contributed by atoms with van der Waals surface area (Å²) in [6.07, 6.45) is 2.77. The van der Waals surface area contributed by atoms with Gasteiger partial charge in [0.15, 0.2) is 11.5 Å². The van der Waals surface area contributed by atoms with E-state index < -0.39 is 11.6 Å². The van der Waals surface area contributed by atoms with Crippen LogP contribution in [0.25, 0.3) is 17.0 Å². The van der Waals surface area contributed by atoms with Crippen molar-refractivity contribution < 1.29 is 33.0 Å². The van der Waals surface area contributed by atoms with Gasteiger partial charge in [-0.15, -0.1) is 0 Å². The van der Waals surface area contributed by atoms with Crippen molar-refractivity contribution in [1.82, 2.24) is 0 Å². The molecule has 0 fully saturated rings. The zero-order valence-electron chi connectivity index (χ0n) is 18.6. The van der Waals surface area contributed by atoms with Crippen LogP contribution in [-0.4, -0.2) is 33.2 Å². The van der Waals surface area contributed by atoms with Crippen molar-refractivity contribution in [3.63, 3.8) is 0 Å². The number of carbonyl (C=O) groups is 2. The maximum atomic E-state index is 12.3. The lowest BCUT2D eigenvalue weighted by Gasteiger charge is -2.12. The largest absolute Gasteiger partial charge is 0.496 e. The van der Waals surface area contributed by atoms with E-state index in [9.17, 15) is 14.4 Å². The van der Waals surface area contributed by atoms with Crippen LogP contribution in [0.1, 0.15) is 18.1 Å². The van der Waals surface area contributed by atoms with Crippen molar-refractivity contribution in [3.8, 4) is 17.2 Å². The van der Waals surface area contributed by atoms with E-state index in [4.69, 9.17) is 23.4 Å². The fourth-order valence-electron chi connectivity index (χ4n) is 3.17. The third-order valence-corrected chi connectivity index (χ3v) is 4.66. The highest BCUT2D eigenvalue weighted by molar-refractivity contribution is 5.92. The Bertz CT molecular complexity index is 1280. The molecule has 1 N–H and O–H groups in total. The second-order valence-electron chi connectivity index (χ2n) is 6.87. The molecule has 0 radical (unpaired) electrons. The van der Waals surface area contributed by atoms with Gasteiger partial charge in [0.2, 0.25) is 5.91 Å². The maximum Gasteiger partial charge on any atom is 0.336 e. The third kappa shape index (κ3) is 5.70. The minimum absolute atomic E-state index is 0.145. The number of anilines is 1. The molecule has 0 saturated heterocycles. The van der Waals surface area contributed by atoms with Crippen LogP contribution >= 0.6 is 0 Å². The Morgan fingerprint density at radius 2 is 1.67 bits per heavy atom. The lowest BCUT2D eigenvalue weighted by Crippen LogP contribution is -2.07. The van der Waals surface area contributed by atoms with Crippen molar-refractivity contribution in [2.45, 2.75) is 13.5 Å². The molecule has 1 amide bonds. The Morgan fingerprint density at radius 1 is 0.970 bits per heavy atom. The topological polar surface area (TPSA) is 113 Å². The number of benzene rings is 2. The first-order valence-electron chi connectivity index (χ1n) is 9.83. The number of carbonyl (C=O) groups excluding carboxylic acids is 2. The van der Waals surface area contributed by atoms with Crippen molar-refractivity contribution in [2.24, 2.45) is 0 Å². The molecule has 1 aromatic heterocycles. The summed E-state index contributed by atoms with van der Waals surface area (Å²) in [5, 5.41) is 3.21. The molecule has 0 aliphatic rings. The fraction of sp³-hybridized carbons (Fsp3) is 0.208. The van der Waals surface area contributed by atoms with Gasteiger partial charge in [-0.1, -0.05) is 0 Å². The average Bonchev–Trinajstić information content (AvgIpc) is 2.79. The summed E-state index contributed by atoms with van der Waals surface area (Å²) in [5.74, 6) is 0.582. The van der Waals surface area contributed by atoms with Gasteiger partial charge in [-0.25, -0.2) is 9.59 Å². The molecule has 3 rings (SSSR count). The van der Waals surface area contributed by atoms with Crippen LogP contribution in [0.15, 0.2) is 51.7 Å². The van der Waals surface area contributed by atoms with Crippen LogP contribution in [0.5, 0.6) is 17.2 Å². The summed E-state index contributed by atoms with van der Waals surface area (Å²) in [4.78, 5) is 35.5. The molecule has 9 nitrogen and oxygen atoms in total. The van der Waals surface area contributed by atoms with Crippen molar-refractivity contribution in [2.75, 3.05) is 26.6 Å². The molecular weight excluding hydrogens is 430 g/mol. The van der Waals surface area contributed by atoms with Gasteiger partial charge in [0.25, 0.3) is 0 Å². The van der Waals surface area contributed by atoms with E-state index in [1.165, 1.54) is 52.5 Å². The van der Waals surface area contributed by atoms with Crippen molar-refractivity contribution in [1.29, 1.82) is 0 Å². The fourth-order valence-corrected chi connectivity index (χ4v) is 3.17. The van der Waals surface area contributed by atoms with Gasteiger partial charge < -0.3 is 28.7 Å². The summed E-state index contributed by atoms with van der Waals surface area (Å²) in [6, 6.07) is 9.45. The molecule has 1 heterocycles. The summed E-state index contributed by atoms with van der Waals surface area (Å²) in [6.45, 7) is 1.23. The first-order valence-corrected chi connectivity index (χ1v) is 9.83. The van der Waals surface area contributed by atoms with E-state index in [0.717, 1.165) is 0 Å². The highest BCUT2D eigenvalue weighted by Crippen LogP contribution is 2.35. The van der Waals surface area contributed by atoms with Crippen LogP contribution < -0.4 is 25.2 Å². The van der Waals surface area contributed by atoms with E-state index in [1.54, 1.807) is 24.3 Å². The Morgan fingerprint density at radius 3 is 2.33 bits per heavy atom. The summed E-state index contributed by atoms with van der Waals surface area (Å²) < 4.78 is 26.4. The number of fused-ring (bicyclic) bond motifs is 1. The molecule has 0 unspecified atom stereocenters. The molecule has 0 atom stereocenters. The lowest BCUT2D eigenvalue weighted by molar-refractivity contribution is -0.138. The van der Waals surface area contributed by atoms with E-state index in [0.29, 0.717) is 39.4 Å². The van der Waals surface area contributed by atoms with Crippen LogP contribution in [-0.2, 0) is 20.9 Å². The van der Waals surface area contributed by atoms with Crippen molar-refractivity contribution in [3.05, 3.63) is 64.0 Å². The van der Waals surface area contributed by atoms with Crippen LogP contribution in [0.4, 0.5) is 5.69 Å². The van der Waals surface area contributed by atoms with Gasteiger partial charge in [-0.05, 0) is 24.3 Å². The van der Waals surface area contributed by atoms with Gasteiger partial charge in [0.1, 0.15) is 17.9 Å². The zero-order chi connectivity index (χ0) is 24.0. The zero-order valence-corrected chi connectivity index (χ0v) is 18.6. The second-order valence-corrected chi connectivity index (χ2v) is 6.87. The van der Waals surface area contributed by atoms with E-state index in [2.05, 4.69) is 5.32 Å². The normalized spacial score (nSPS) is 10.8. The quantitative estimate of drug-likeness (QED) is 0.313. The number of hydrogen-bond acceptors (Lipinski definition) is 8. The van der Waals surface area contributed by atoms with E-state index in [-0.39, 0.29) is 18.1 Å². The SMILES string of the molecule is COc1cc(OC)c(OC)cc1/C=C/C(=O)OCc1cc(=O)oc2cc(NC(C)=O)ccc12. The van der Waals surface area contributed by atoms with Gasteiger partial charge in [0.05, 0.1) is 21.3 Å². The number of amides is 1. The molecule has 172 valence electrons. The van der Waals surface area contributed by atoms with Crippen LogP contribution in [0, 0.1) is 0 Å². The van der Waals surface area contributed by atoms with Gasteiger partial charge in [0, 0.05) is 53.4 Å². The number of rotatable bonds is 8. The number of hydrogen-bond donors (Lipinski definition) is 1. The number of ether oxygens (including phenoxy) is 4. The first-order chi connectivity index (χ1) is 15.8. The van der Waals surface area contributed by atoms with Gasteiger partial charge >= 0.3 is 11.6 Å². The van der Waals surface area contributed by atoms with E-state index in [1.807, 2.05) is 0 Å². The predicted molar refractivity (Wildman–Crippen MR) is 122 cm³/mol. The third-order valence-electron chi connectivity index (χ3n) is 4.66. The van der Waals surface area contributed by atoms with Crippen molar-refractivity contribution >= 4 is 34.6 Å². The Kier molecular flexibility index (Phi) is 7.34. The first kappa shape index (κ1) is 23.4. The smallest absolute Gasteiger partial charge is 0.336 e. The molecule has 33 heavy (non-hydrogen) atoms. The Hall–Kier alpha value is -4.27. The molecule has 3 aromatic rings. The lowest BCUT2D eigenvalue weighted by atomic mass is 10.1. The summed E-state index contributed by atoms with van der Waals surface area (Å²) in [5.41, 5.74) is 1.22. The van der Waals surface area contributed by atoms with Crippen LogP contribution in [0.2, 0.25) is 0 Å². The average molecular weight is 453 g/mol. The molecule has 2 aromatic carbocycles. The van der Waals surface area contributed by atoms with Gasteiger partial charge in [-0.3, -0.25) is 4.79 Å². The molecule has 0 saturated carbocycles. The molecule has 0 bridgehead atoms.